The molecular weight excluding hydrogens is 458 g/mol. The Morgan fingerprint density at radius 1 is 0.914 bits per heavy atom. The van der Waals surface area contributed by atoms with Crippen molar-refractivity contribution in [3.05, 3.63) is 78.4 Å². The topological polar surface area (TPSA) is 64.6 Å². The molecule has 6 nitrogen and oxygen atoms in total. The number of hydrogen-bond acceptors (Lipinski definition) is 6. The van der Waals surface area contributed by atoms with Crippen LogP contribution < -0.4 is 9.47 Å². The molecule has 4 aromatic rings. The van der Waals surface area contributed by atoms with Gasteiger partial charge in [0.05, 0.1) is 11.8 Å². The molecule has 0 saturated carbocycles. The minimum Gasteiger partial charge on any atom is -0.486 e. The fourth-order valence-electron chi connectivity index (χ4n) is 4.89. The molecule has 6 rings (SSSR count). The first kappa shape index (κ1) is 21.9. The molecule has 0 bridgehead atoms. The number of benzene rings is 3. The van der Waals surface area contributed by atoms with Crippen LogP contribution in [0.2, 0.25) is 0 Å². The van der Waals surface area contributed by atoms with Crippen LogP contribution in [0.1, 0.15) is 24.4 Å². The SMILES string of the molecule is O=C(CSc1nnc(-c2ccccc2)c2ccccc12)N1CCCC1c1ccc2c(c1)OCCO2. The Bertz CT molecular complexity index is 1380. The zero-order valence-corrected chi connectivity index (χ0v) is 20.0. The highest BCUT2D eigenvalue weighted by Gasteiger charge is 2.31. The smallest absolute Gasteiger partial charge is 0.233 e. The minimum absolute atomic E-state index is 0.0576. The molecule has 7 heteroatoms. The monoisotopic (exact) mass is 483 g/mol. The zero-order valence-electron chi connectivity index (χ0n) is 19.2. The van der Waals surface area contributed by atoms with Crippen molar-refractivity contribution in [2.75, 3.05) is 25.5 Å². The Balaban J connectivity index is 1.21. The molecule has 1 aromatic heterocycles. The van der Waals surface area contributed by atoms with Crippen molar-refractivity contribution in [3.63, 3.8) is 0 Å². The number of nitrogens with zero attached hydrogens (tertiary/aromatic N) is 3. The van der Waals surface area contributed by atoms with E-state index < -0.39 is 0 Å². The molecule has 35 heavy (non-hydrogen) atoms. The summed E-state index contributed by atoms with van der Waals surface area (Å²) in [7, 11) is 0. The molecule has 1 atom stereocenters. The van der Waals surface area contributed by atoms with Gasteiger partial charge in [0.1, 0.15) is 23.9 Å². The molecule has 0 aliphatic carbocycles. The Hall–Kier alpha value is -3.58. The Morgan fingerprint density at radius 3 is 2.54 bits per heavy atom. The van der Waals surface area contributed by atoms with E-state index in [0.29, 0.717) is 19.0 Å². The van der Waals surface area contributed by atoms with Crippen LogP contribution in [0.25, 0.3) is 22.0 Å². The van der Waals surface area contributed by atoms with Gasteiger partial charge in [-0.2, -0.15) is 0 Å². The molecular formula is C28H25N3O3S. The highest BCUT2D eigenvalue weighted by atomic mass is 32.2. The lowest BCUT2D eigenvalue weighted by molar-refractivity contribution is -0.129. The van der Waals surface area contributed by atoms with Crippen molar-refractivity contribution in [2.45, 2.75) is 23.9 Å². The van der Waals surface area contributed by atoms with Crippen molar-refractivity contribution < 1.29 is 14.3 Å². The van der Waals surface area contributed by atoms with Gasteiger partial charge < -0.3 is 14.4 Å². The van der Waals surface area contributed by atoms with E-state index in [9.17, 15) is 4.79 Å². The van der Waals surface area contributed by atoms with Crippen molar-refractivity contribution in [1.82, 2.24) is 15.1 Å². The van der Waals surface area contributed by atoms with Crippen LogP contribution in [-0.4, -0.2) is 46.5 Å². The molecule has 0 N–H and O–H groups in total. The summed E-state index contributed by atoms with van der Waals surface area (Å²) >= 11 is 1.46. The van der Waals surface area contributed by atoms with Crippen molar-refractivity contribution in [2.24, 2.45) is 0 Å². The molecule has 1 amide bonds. The lowest BCUT2D eigenvalue weighted by atomic mass is 10.0. The third-order valence-electron chi connectivity index (χ3n) is 6.56. The lowest BCUT2D eigenvalue weighted by Gasteiger charge is -2.26. The van der Waals surface area contributed by atoms with Gasteiger partial charge in [0.2, 0.25) is 5.91 Å². The van der Waals surface area contributed by atoms with E-state index in [-0.39, 0.29) is 11.9 Å². The van der Waals surface area contributed by atoms with Crippen LogP contribution in [0.4, 0.5) is 0 Å². The molecule has 0 radical (unpaired) electrons. The van der Waals surface area contributed by atoms with Crippen molar-refractivity contribution >= 4 is 28.4 Å². The Labute approximate surface area is 208 Å². The van der Waals surface area contributed by atoms with Crippen LogP contribution in [0.3, 0.4) is 0 Å². The number of amides is 1. The Morgan fingerprint density at radius 2 is 1.69 bits per heavy atom. The highest BCUT2D eigenvalue weighted by molar-refractivity contribution is 8.00. The summed E-state index contributed by atoms with van der Waals surface area (Å²) in [6.45, 7) is 1.89. The lowest BCUT2D eigenvalue weighted by Crippen LogP contribution is -2.32. The molecule has 3 heterocycles. The zero-order chi connectivity index (χ0) is 23.6. The van der Waals surface area contributed by atoms with Crippen LogP contribution in [0.15, 0.2) is 77.8 Å². The van der Waals surface area contributed by atoms with Crippen LogP contribution >= 0.6 is 11.8 Å². The molecule has 2 aliphatic heterocycles. The number of likely N-dealkylation sites (tertiary alicyclic amines) is 1. The van der Waals surface area contributed by atoms with Gasteiger partial charge >= 0.3 is 0 Å². The van der Waals surface area contributed by atoms with E-state index in [1.165, 1.54) is 11.8 Å². The number of thioether (sulfide) groups is 1. The van der Waals surface area contributed by atoms with Crippen molar-refractivity contribution in [1.29, 1.82) is 0 Å². The van der Waals surface area contributed by atoms with E-state index in [2.05, 4.69) is 28.4 Å². The molecule has 3 aromatic carbocycles. The number of carbonyl (C=O) groups is 1. The highest BCUT2D eigenvalue weighted by Crippen LogP contribution is 2.39. The number of aromatic nitrogens is 2. The van der Waals surface area contributed by atoms with Gasteiger partial charge in [-0.3, -0.25) is 4.79 Å². The third kappa shape index (κ3) is 4.32. The van der Waals surface area contributed by atoms with E-state index in [4.69, 9.17) is 9.47 Å². The first-order valence-electron chi connectivity index (χ1n) is 11.9. The number of rotatable bonds is 5. The number of carbonyl (C=O) groups excluding carboxylic acids is 1. The molecule has 0 spiro atoms. The van der Waals surface area contributed by atoms with Crippen LogP contribution in [0, 0.1) is 0 Å². The second-order valence-electron chi connectivity index (χ2n) is 8.70. The van der Waals surface area contributed by atoms with Gasteiger partial charge in [-0.1, -0.05) is 72.4 Å². The molecule has 176 valence electrons. The van der Waals surface area contributed by atoms with Gasteiger partial charge in [0.25, 0.3) is 0 Å². The molecule has 1 fully saturated rings. The second kappa shape index (κ2) is 9.58. The summed E-state index contributed by atoms with van der Waals surface area (Å²) < 4.78 is 11.4. The fourth-order valence-corrected chi connectivity index (χ4v) is 5.75. The minimum atomic E-state index is 0.0576. The quantitative estimate of drug-likeness (QED) is 0.348. The van der Waals surface area contributed by atoms with Crippen LogP contribution in [0.5, 0.6) is 11.5 Å². The average molecular weight is 484 g/mol. The standard InChI is InChI=1S/C28H25N3O3S/c32-26(31-14-6-11-23(31)20-12-13-24-25(17-20)34-16-15-33-24)18-35-28-22-10-5-4-9-21(22)27(29-30-28)19-7-2-1-3-8-19/h1-5,7-10,12-13,17,23H,6,11,14-16,18H2. The fraction of sp³-hybridized carbons (Fsp3) is 0.250. The van der Waals surface area contributed by atoms with Gasteiger partial charge in [0, 0.05) is 22.9 Å². The summed E-state index contributed by atoms with van der Waals surface area (Å²) in [4.78, 5) is 15.3. The maximum absolute atomic E-state index is 13.3. The van der Waals surface area contributed by atoms with Gasteiger partial charge in [0.15, 0.2) is 11.5 Å². The van der Waals surface area contributed by atoms with Crippen LogP contribution in [-0.2, 0) is 4.79 Å². The summed E-state index contributed by atoms with van der Waals surface area (Å²) in [5.74, 6) is 1.98. The maximum Gasteiger partial charge on any atom is 0.233 e. The first-order valence-corrected chi connectivity index (χ1v) is 12.9. The predicted molar refractivity (Wildman–Crippen MR) is 137 cm³/mol. The van der Waals surface area contributed by atoms with Gasteiger partial charge in [-0.05, 0) is 30.5 Å². The van der Waals surface area contributed by atoms with E-state index in [1.807, 2.05) is 59.5 Å². The molecule has 1 unspecified atom stereocenters. The Kier molecular flexibility index (Phi) is 6.00. The molecule has 2 aliphatic rings. The van der Waals surface area contributed by atoms with Gasteiger partial charge in [-0.15, -0.1) is 10.2 Å². The number of fused-ring (bicyclic) bond motifs is 2. The number of hydrogen-bond donors (Lipinski definition) is 0. The summed E-state index contributed by atoms with van der Waals surface area (Å²) in [5, 5.41) is 11.9. The first-order chi connectivity index (χ1) is 17.3. The number of ether oxygens (including phenoxy) is 2. The predicted octanol–water partition coefficient (Wildman–Crippen LogP) is 5.52. The summed E-state index contributed by atoms with van der Waals surface area (Å²) in [6.07, 6.45) is 1.94. The second-order valence-corrected chi connectivity index (χ2v) is 9.67. The molecule has 1 saturated heterocycles. The summed E-state index contributed by atoms with van der Waals surface area (Å²) in [6, 6.07) is 24.3. The maximum atomic E-state index is 13.3. The normalized spacial score (nSPS) is 17.0. The third-order valence-corrected chi connectivity index (χ3v) is 7.52. The summed E-state index contributed by atoms with van der Waals surface area (Å²) in [5.41, 5.74) is 2.99. The van der Waals surface area contributed by atoms with Gasteiger partial charge in [-0.25, -0.2) is 0 Å². The van der Waals surface area contributed by atoms with E-state index >= 15 is 0 Å². The largest absolute Gasteiger partial charge is 0.486 e. The van der Waals surface area contributed by atoms with Crippen molar-refractivity contribution in [3.8, 4) is 22.8 Å². The van der Waals surface area contributed by atoms with E-state index in [0.717, 1.165) is 63.5 Å². The average Bonchev–Trinajstić information content (AvgIpc) is 3.42. The van der Waals surface area contributed by atoms with E-state index in [1.54, 1.807) is 0 Å².